The minimum atomic E-state index is 0.971. The Kier molecular flexibility index (Phi) is 21.0. The Morgan fingerprint density at radius 3 is 0.917 bits per heavy atom. The average molecular weight is 339 g/mol. The minimum Gasteiger partial charge on any atom is -0.0654 e. The molecule has 0 aromatic rings. The molecule has 0 aliphatic carbocycles. The van der Waals surface area contributed by atoms with Crippen LogP contribution in [0.5, 0.6) is 0 Å². The fourth-order valence-corrected chi connectivity index (χ4v) is 3.75. The molecular weight excluding hydrogens is 288 g/mol. The van der Waals surface area contributed by atoms with Gasteiger partial charge in [0.1, 0.15) is 0 Å². The van der Waals surface area contributed by atoms with Gasteiger partial charge in [0.15, 0.2) is 0 Å². The molecule has 0 rings (SSSR count). The van der Waals surface area contributed by atoms with Gasteiger partial charge in [-0.05, 0) is 5.92 Å². The van der Waals surface area contributed by atoms with E-state index >= 15 is 0 Å². The topological polar surface area (TPSA) is 0 Å². The largest absolute Gasteiger partial charge is 0.0654 e. The lowest BCUT2D eigenvalue weighted by Gasteiger charge is -2.11. The summed E-state index contributed by atoms with van der Waals surface area (Å²) >= 11 is 0. The summed E-state index contributed by atoms with van der Waals surface area (Å²) in [4.78, 5) is 0. The van der Waals surface area contributed by atoms with E-state index in [1.807, 2.05) is 0 Å². The van der Waals surface area contributed by atoms with Crippen molar-refractivity contribution < 1.29 is 0 Å². The lowest BCUT2D eigenvalue weighted by molar-refractivity contribution is 0.430. The van der Waals surface area contributed by atoms with E-state index in [9.17, 15) is 0 Å². The third kappa shape index (κ3) is 20.0. The van der Waals surface area contributed by atoms with Crippen LogP contribution in [0.2, 0.25) is 0 Å². The van der Waals surface area contributed by atoms with Crippen LogP contribution >= 0.6 is 0 Å². The minimum absolute atomic E-state index is 0.971. The summed E-state index contributed by atoms with van der Waals surface area (Å²) < 4.78 is 0. The molecular formula is C24H50. The van der Waals surface area contributed by atoms with E-state index in [1.54, 1.807) is 0 Å². The third-order valence-electron chi connectivity index (χ3n) is 5.60. The van der Waals surface area contributed by atoms with Crippen LogP contribution < -0.4 is 0 Å². The molecule has 0 atom stereocenters. The Morgan fingerprint density at radius 1 is 0.375 bits per heavy atom. The van der Waals surface area contributed by atoms with E-state index in [4.69, 9.17) is 0 Å². The zero-order valence-corrected chi connectivity index (χ0v) is 17.7. The van der Waals surface area contributed by atoms with Gasteiger partial charge in [-0.1, -0.05) is 149 Å². The second-order valence-corrected chi connectivity index (χ2v) is 8.34. The smallest absolute Gasteiger partial charge is 0.0443 e. The van der Waals surface area contributed by atoms with E-state index in [0.29, 0.717) is 0 Å². The molecule has 24 heavy (non-hydrogen) atoms. The molecule has 0 nitrogen and oxygen atoms in total. The molecule has 0 radical (unpaired) electrons. The zero-order chi connectivity index (χ0) is 17.7. The maximum atomic E-state index is 2.48. The predicted molar refractivity (Wildman–Crippen MR) is 113 cm³/mol. The van der Waals surface area contributed by atoms with Crippen molar-refractivity contribution in [1.29, 1.82) is 0 Å². The second kappa shape index (κ2) is 21.0. The number of hydrogen-bond donors (Lipinski definition) is 0. The third-order valence-corrected chi connectivity index (χ3v) is 5.60. The van der Waals surface area contributed by atoms with Gasteiger partial charge in [0.2, 0.25) is 0 Å². The van der Waals surface area contributed by atoms with Gasteiger partial charge in [-0.3, -0.25) is 0 Å². The summed E-state index contributed by atoms with van der Waals surface area (Å²) in [7, 11) is 0. The molecule has 0 saturated carbocycles. The summed E-state index contributed by atoms with van der Waals surface area (Å²) in [5.41, 5.74) is 0. The van der Waals surface area contributed by atoms with Gasteiger partial charge in [0.05, 0.1) is 0 Å². The van der Waals surface area contributed by atoms with E-state index < -0.39 is 0 Å². The van der Waals surface area contributed by atoms with Crippen LogP contribution in [0.3, 0.4) is 0 Å². The van der Waals surface area contributed by atoms with Crippen molar-refractivity contribution in [2.45, 2.75) is 149 Å². The first-order chi connectivity index (χ1) is 11.8. The Labute approximate surface area is 155 Å². The summed E-state index contributed by atoms with van der Waals surface area (Å²) in [6, 6.07) is 0. The van der Waals surface area contributed by atoms with Gasteiger partial charge >= 0.3 is 0 Å². The van der Waals surface area contributed by atoms with Crippen LogP contribution in [-0.2, 0) is 0 Å². The van der Waals surface area contributed by atoms with Gasteiger partial charge in [-0.2, -0.15) is 0 Å². The van der Waals surface area contributed by atoms with Crippen LogP contribution in [-0.4, -0.2) is 0 Å². The Morgan fingerprint density at radius 2 is 0.625 bits per heavy atom. The first-order valence-electron chi connectivity index (χ1n) is 11.8. The highest BCUT2D eigenvalue weighted by molar-refractivity contribution is 4.56. The molecule has 0 N–H and O–H groups in total. The monoisotopic (exact) mass is 338 g/mol. The van der Waals surface area contributed by atoms with Crippen LogP contribution in [0.1, 0.15) is 149 Å². The van der Waals surface area contributed by atoms with E-state index in [-0.39, 0.29) is 0 Å². The van der Waals surface area contributed by atoms with Crippen LogP contribution in [0.25, 0.3) is 0 Å². The molecule has 0 aliphatic heterocycles. The highest BCUT2D eigenvalue weighted by Gasteiger charge is 2.02. The molecule has 0 heterocycles. The highest BCUT2D eigenvalue weighted by atomic mass is 14.1. The average Bonchev–Trinajstić information content (AvgIpc) is 2.59. The quantitative estimate of drug-likeness (QED) is 0.194. The Hall–Kier alpha value is 0. The molecule has 0 saturated heterocycles. The molecule has 0 spiro atoms. The van der Waals surface area contributed by atoms with E-state index in [2.05, 4.69) is 20.8 Å². The number of unbranched alkanes of at least 4 members (excludes halogenated alkanes) is 16. The fourth-order valence-electron chi connectivity index (χ4n) is 3.75. The highest BCUT2D eigenvalue weighted by Crippen LogP contribution is 2.19. The molecule has 0 unspecified atom stereocenters. The normalized spacial score (nSPS) is 11.5. The van der Waals surface area contributed by atoms with Gasteiger partial charge in [0.25, 0.3) is 0 Å². The molecule has 0 heteroatoms. The fraction of sp³-hybridized carbons (Fsp3) is 1.00. The summed E-state index contributed by atoms with van der Waals surface area (Å²) in [5.74, 6) is 0.971. The number of hydrogen-bond acceptors (Lipinski definition) is 0. The maximum absolute atomic E-state index is 2.48. The van der Waals surface area contributed by atoms with Crippen LogP contribution in [0.4, 0.5) is 0 Å². The molecule has 0 fully saturated rings. The lowest BCUT2D eigenvalue weighted by atomic mass is 9.95. The molecule has 0 bridgehead atoms. The van der Waals surface area contributed by atoms with Crippen LogP contribution in [0.15, 0.2) is 0 Å². The van der Waals surface area contributed by atoms with E-state index in [1.165, 1.54) is 128 Å². The first kappa shape index (κ1) is 24.0. The van der Waals surface area contributed by atoms with Gasteiger partial charge in [0, 0.05) is 0 Å². The van der Waals surface area contributed by atoms with Crippen molar-refractivity contribution in [2.24, 2.45) is 5.92 Å². The molecule has 0 aromatic heterocycles. The summed E-state index contributed by atoms with van der Waals surface area (Å²) in [5, 5.41) is 0. The standard InChI is InChI=1S/C24H50/c1-4-6-8-10-12-14-16-18-20-22-24(3)23-21-19-17-15-13-11-9-7-5-2/h24H,4-23H2,1-3H3. The Balaban J connectivity index is 3.12. The molecule has 0 aromatic carbocycles. The van der Waals surface area contributed by atoms with Gasteiger partial charge in [-0.15, -0.1) is 0 Å². The zero-order valence-electron chi connectivity index (χ0n) is 17.7. The van der Waals surface area contributed by atoms with Gasteiger partial charge < -0.3 is 0 Å². The van der Waals surface area contributed by atoms with Crippen molar-refractivity contribution >= 4 is 0 Å². The predicted octanol–water partition coefficient (Wildman–Crippen LogP) is 9.46. The Bertz CT molecular complexity index is 186. The second-order valence-electron chi connectivity index (χ2n) is 8.34. The van der Waals surface area contributed by atoms with Crippen molar-refractivity contribution in [3.63, 3.8) is 0 Å². The lowest BCUT2D eigenvalue weighted by Crippen LogP contribution is -1.95. The molecule has 0 aliphatic rings. The van der Waals surface area contributed by atoms with Crippen molar-refractivity contribution in [2.75, 3.05) is 0 Å². The summed E-state index contributed by atoms with van der Waals surface area (Å²) in [6.07, 6.45) is 29.3. The van der Waals surface area contributed by atoms with E-state index in [0.717, 1.165) is 5.92 Å². The summed E-state index contributed by atoms with van der Waals surface area (Å²) in [6.45, 7) is 7.08. The number of rotatable bonds is 20. The maximum Gasteiger partial charge on any atom is -0.0443 e. The molecule has 0 amide bonds. The van der Waals surface area contributed by atoms with Crippen molar-refractivity contribution in [3.05, 3.63) is 0 Å². The molecule has 146 valence electrons. The van der Waals surface area contributed by atoms with Crippen molar-refractivity contribution in [1.82, 2.24) is 0 Å². The van der Waals surface area contributed by atoms with Crippen LogP contribution in [0, 0.1) is 5.92 Å². The first-order valence-corrected chi connectivity index (χ1v) is 11.8. The van der Waals surface area contributed by atoms with Gasteiger partial charge in [-0.25, -0.2) is 0 Å². The SMILES string of the molecule is CCCCCCCCCCCC(C)CCCCCCCCCCC. The van der Waals surface area contributed by atoms with Crippen molar-refractivity contribution in [3.8, 4) is 0 Å².